The molecule has 3 heterocycles. The molecule has 0 saturated heterocycles. The highest BCUT2D eigenvalue weighted by Crippen LogP contribution is 2.45. The third-order valence-corrected chi connectivity index (χ3v) is 10.5. The van der Waals surface area contributed by atoms with E-state index in [4.69, 9.17) is 23.9 Å². The summed E-state index contributed by atoms with van der Waals surface area (Å²) >= 11 is 0. The third kappa shape index (κ3) is 6.84. The molecule has 3 aromatic carbocycles. The number of halogens is 3. The smallest absolute Gasteiger partial charge is 0.310 e. The van der Waals surface area contributed by atoms with Gasteiger partial charge in [-0.2, -0.15) is 0 Å². The van der Waals surface area contributed by atoms with Crippen LogP contribution in [0.3, 0.4) is 0 Å². The first-order valence-electron chi connectivity index (χ1n) is 16.3. The topological polar surface area (TPSA) is 76.7 Å². The molecule has 12 heteroatoms. The highest BCUT2D eigenvalue weighted by Gasteiger charge is 2.41. The summed E-state index contributed by atoms with van der Waals surface area (Å²) in [7, 11) is 0.463. The zero-order valence-electron chi connectivity index (χ0n) is 28.5. The van der Waals surface area contributed by atoms with Crippen LogP contribution in [0.2, 0.25) is 25.7 Å². The van der Waals surface area contributed by atoms with Gasteiger partial charge in [0.1, 0.15) is 36.5 Å². The number of aryl methyl sites for hydroxylation is 1. The molecule has 258 valence electrons. The average molecular weight is 692 g/mol. The first-order chi connectivity index (χ1) is 23.3. The van der Waals surface area contributed by atoms with E-state index in [0.29, 0.717) is 29.1 Å². The number of esters is 1. The number of carbonyl (C=O) groups excluding carboxylic acids is 1. The number of benzene rings is 3. The molecule has 0 radical (unpaired) electrons. The van der Waals surface area contributed by atoms with Gasteiger partial charge in [0, 0.05) is 56.7 Å². The molecule has 0 N–H and O–H groups in total. The van der Waals surface area contributed by atoms with E-state index in [1.807, 2.05) is 25.1 Å². The molecule has 49 heavy (non-hydrogen) atoms. The molecule has 6 rings (SSSR count). The molecule has 0 spiro atoms. The lowest BCUT2D eigenvalue weighted by Crippen LogP contribution is -2.25. The van der Waals surface area contributed by atoms with Crippen LogP contribution in [0.4, 0.5) is 13.2 Å². The van der Waals surface area contributed by atoms with Crippen molar-refractivity contribution in [2.24, 2.45) is 7.05 Å². The fourth-order valence-electron chi connectivity index (χ4n) is 6.03. The summed E-state index contributed by atoms with van der Waals surface area (Å²) in [6, 6.07) is 13.2. The second kappa shape index (κ2) is 13.4. The molecular weight excluding hydrogens is 652 g/mol. The maximum atomic E-state index is 15.7. The Hall–Kier alpha value is -4.55. The second-order valence-electron chi connectivity index (χ2n) is 13.8. The fourth-order valence-corrected chi connectivity index (χ4v) is 6.79. The van der Waals surface area contributed by atoms with Crippen LogP contribution in [0, 0.1) is 17.5 Å². The van der Waals surface area contributed by atoms with Gasteiger partial charge >= 0.3 is 5.97 Å². The number of rotatable bonds is 12. The van der Waals surface area contributed by atoms with Gasteiger partial charge in [0.15, 0.2) is 17.4 Å². The Morgan fingerprint density at radius 2 is 1.88 bits per heavy atom. The fraction of sp³-hybridized carbons (Fsp3) is 0.351. The third-order valence-electron chi connectivity index (χ3n) is 8.83. The lowest BCUT2D eigenvalue weighted by molar-refractivity contribution is -0.142. The molecule has 1 atom stereocenters. The van der Waals surface area contributed by atoms with E-state index in [0.717, 1.165) is 11.6 Å². The first kappa shape index (κ1) is 34.3. The molecular formula is C37H40F3N3O5Si. The number of carbonyl (C=O) groups is 1. The second-order valence-corrected chi connectivity index (χ2v) is 19.4. The Morgan fingerprint density at radius 1 is 1.08 bits per heavy atom. The van der Waals surface area contributed by atoms with Gasteiger partial charge in [-0.3, -0.25) is 4.79 Å². The van der Waals surface area contributed by atoms with Crippen LogP contribution >= 0.6 is 0 Å². The summed E-state index contributed by atoms with van der Waals surface area (Å²) in [6.07, 6.45) is 3.52. The van der Waals surface area contributed by atoms with E-state index in [1.54, 1.807) is 41.6 Å². The maximum absolute atomic E-state index is 15.7. The number of hydrogen-bond donors (Lipinski definition) is 0. The predicted octanol–water partition coefficient (Wildman–Crippen LogP) is 8.37. The minimum Gasteiger partial charge on any atom is -0.492 e. The SMILES string of the molecule is CCOC(=O)Cc1cccc2c1OCC2(C)c1cn(C)c(-c2cc(Oc3c(F)cc4c(ccn4COCC[Si](C)(C)C)c3F)ccc2F)n1. The van der Waals surface area contributed by atoms with E-state index in [2.05, 4.69) is 19.6 Å². The van der Waals surface area contributed by atoms with Crippen LogP contribution < -0.4 is 9.47 Å². The van der Waals surface area contributed by atoms with Crippen LogP contribution in [0.25, 0.3) is 22.3 Å². The predicted molar refractivity (Wildman–Crippen MR) is 183 cm³/mol. The number of nitrogens with zero attached hydrogens (tertiary/aromatic N) is 3. The lowest BCUT2D eigenvalue weighted by atomic mass is 9.81. The molecule has 0 fully saturated rings. The van der Waals surface area contributed by atoms with Crippen LogP contribution in [-0.4, -0.2) is 48.0 Å². The highest BCUT2D eigenvalue weighted by molar-refractivity contribution is 6.76. The van der Waals surface area contributed by atoms with Crippen molar-refractivity contribution in [2.45, 2.75) is 58.1 Å². The van der Waals surface area contributed by atoms with Gasteiger partial charge in [0.2, 0.25) is 0 Å². The van der Waals surface area contributed by atoms with Crippen molar-refractivity contribution in [2.75, 3.05) is 19.8 Å². The number of aromatic nitrogens is 3. The molecule has 5 aromatic rings. The Kier molecular flexibility index (Phi) is 9.38. The summed E-state index contributed by atoms with van der Waals surface area (Å²) in [6.45, 7) is 11.8. The average Bonchev–Trinajstić information content (AvgIpc) is 3.74. The van der Waals surface area contributed by atoms with E-state index >= 15 is 13.2 Å². The Bertz CT molecular complexity index is 2040. The monoisotopic (exact) mass is 691 g/mol. The quantitative estimate of drug-likeness (QED) is 0.0744. The van der Waals surface area contributed by atoms with Crippen molar-refractivity contribution in [1.82, 2.24) is 14.1 Å². The Labute approximate surface area is 284 Å². The summed E-state index contributed by atoms with van der Waals surface area (Å²) < 4.78 is 72.5. The van der Waals surface area contributed by atoms with E-state index in [-0.39, 0.29) is 54.9 Å². The number of imidazole rings is 1. The van der Waals surface area contributed by atoms with E-state index < -0.39 is 36.7 Å². The highest BCUT2D eigenvalue weighted by atomic mass is 28.3. The van der Waals surface area contributed by atoms with Crippen molar-refractivity contribution in [3.63, 3.8) is 0 Å². The molecule has 0 bridgehead atoms. The summed E-state index contributed by atoms with van der Waals surface area (Å²) in [5.41, 5.74) is 1.93. The van der Waals surface area contributed by atoms with Crippen molar-refractivity contribution < 1.29 is 36.9 Å². The minimum absolute atomic E-state index is 0.0385. The zero-order valence-corrected chi connectivity index (χ0v) is 29.5. The molecule has 2 aromatic heterocycles. The Balaban J connectivity index is 1.26. The normalized spacial score (nSPS) is 15.8. The number of ether oxygens (including phenoxy) is 4. The minimum atomic E-state index is -1.28. The van der Waals surface area contributed by atoms with Crippen molar-refractivity contribution in [1.29, 1.82) is 0 Å². The van der Waals surface area contributed by atoms with Crippen LogP contribution in [0.5, 0.6) is 17.2 Å². The van der Waals surface area contributed by atoms with Crippen LogP contribution in [0.15, 0.2) is 60.9 Å². The molecule has 1 unspecified atom stereocenters. The largest absolute Gasteiger partial charge is 0.492 e. The van der Waals surface area contributed by atoms with Gasteiger partial charge in [0.05, 0.1) is 35.2 Å². The van der Waals surface area contributed by atoms with Crippen molar-refractivity contribution in [3.8, 4) is 28.6 Å². The molecule has 1 aliphatic heterocycles. The zero-order chi connectivity index (χ0) is 35.1. The molecule has 8 nitrogen and oxygen atoms in total. The summed E-state index contributed by atoms with van der Waals surface area (Å²) in [5, 5.41) is 0.180. The Morgan fingerprint density at radius 3 is 2.63 bits per heavy atom. The van der Waals surface area contributed by atoms with Gasteiger partial charge in [-0.15, -0.1) is 0 Å². The molecule has 0 saturated carbocycles. The van der Waals surface area contributed by atoms with E-state index in [1.165, 1.54) is 24.3 Å². The van der Waals surface area contributed by atoms with Crippen LogP contribution in [0.1, 0.15) is 30.7 Å². The van der Waals surface area contributed by atoms with E-state index in [9.17, 15) is 4.79 Å². The lowest BCUT2D eigenvalue weighted by Gasteiger charge is -2.20. The molecule has 1 aliphatic rings. The van der Waals surface area contributed by atoms with Crippen molar-refractivity contribution >= 4 is 24.9 Å². The van der Waals surface area contributed by atoms with Gasteiger partial charge < -0.3 is 28.1 Å². The van der Waals surface area contributed by atoms with Gasteiger partial charge in [-0.1, -0.05) is 37.8 Å². The standard InChI is InChI=1S/C37H40F3N3O5Si/c1-7-46-32(44)17-23-9-8-10-27-34(23)47-21-37(27,2)31-20-42(3)36(41-31)26-18-24(11-12-28(26)38)48-35-29(39)19-30-25(33(35)40)13-14-43(30)22-45-15-16-49(4,5)6/h8-14,18-20H,7,15-17,21-22H2,1-6H3. The van der Waals surface area contributed by atoms with Gasteiger partial charge in [-0.25, -0.2) is 18.2 Å². The molecule has 0 amide bonds. The maximum Gasteiger partial charge on any atom is 0.310 e. The number of para-hydroxylation sites is 1. The first-order valence-corrected chi connectivity index (χ1v) is 20.0. The number of hydrogen-bond acceptors (Lipinski definition) is 6. The summed E-state index contributed by atoms with van der Waals surface area (Å²) in [5.74, 6) is -2.34. The van der Waals surface area contributed by atoms with Crippen molar-refractivity contribution in [3.05, 3.63) is 95.2 Å². The van der Waals surface area contributed by atoms with Gasteiger partial charge in [0.25, 0.3) is 0 Å². The molecule has 0 aliphatic carbocycles. The number of fused-ring (bicyclic) bond motifs is 2. The summed E-state index contributed by atoms with van der Waals surface area (Å²) in [4.78, 5) is 17.0. The van der Waals surface area contributed by atoms with Gasteiger partial charge in [-0.05, 0) is 44.2 Å². The van der Waals surface area contributed by atoms with Crippen LogP contribution in [-0.2, 0) is 39.9 Å².